The highest BCUT2D eigenvalue weighted by molar-refractivity contribution is 5.95. The summed E-state index contributed by atoms with van der Waals surface area (Å²) in [5.74, 6) is 0.381. The molecule has 1 aromatic carbocycles. The molecule has 0 unspecified atom stereocenters. The number of likely N-dealkylation sites (tertiary alicyclic amines) is 1. The Hall–Kier alpha value is -2.40. The molecule has 5 nitrogen and oxygen atoms in total. The molecule has 1 saturated heterocycles. The van der Waals surface area contributed by atoms with E-state index in [1.54, 1.807) is 18.9 Å². The molecule has 3 rings (SSSR count). The van der Waals surface area contributed by atoms with Crippen LogP contribution in [0.1, 0.15) is 40.1 Å². The van der Waals surface area contributed by atoms with Crippen molar-refractivity contribution < 1.29 is 13.9 Å². The van der Waals surface area contributed by atoms with Gasteiger partial charge < -0.3 is 14.1 Å². The Morgan fingerprint density at radius 1 is 1.19 bits per heavy atom. The van der Waals surface area contributed by atoms with Gasteiger partial charge in [-0.3, -0.25) is 4.79 Å². The van der Waals surface area contributed by atoms with Crippen LogP contribution >= 0.6 is 0 Å². The van der Waals surface area contributed by atoms with Crippen molar-refractivity contribution >= 4 is 5.91 Å². The van der Waals surface area contributed by atoms with Gasteiger partial charge in [-0.25, -0.2) is 4.79 Å². The summed E-state index contributed by atoms with van der Waals surface area (Å²) < 4.78 is 10.8. The zero-order chi connectivity index (χ0) is 18.5. The minimum Gasteiger partial charge on any atom is -0.427 e. The van der Waals surface area contributed by atoms with Gasteiger partial charge in [0, 0.05) is 26.6 Å². The number of carbonyl (C=O) groups excluding carboxylic acids is 1. The molecule has 0 spiro atoms. The molecule has 0 N–H and O–H groups in total. The number of nitrogens with zero attached hydrogens (tertiary/aromatic N) is 1. The van der Waals surface area contributed by atoms with Gasteiger partial charge in [-0.1, -0.05) is 30.3 Å². The zero-order valence-corrected chi connectivity index (χ0v) is 15.4. The fraction of sp³-hybridized carbons (Fsp3) is 0.429. The highest BCUT2D eigenvalue weighted by atomic mass is 16.5. The van der Waals surface area contributed by atoms with E-state index in [1.165, 1.54) is 5.56 Å². The molecule has 5 heteroatoms. The lowest BCUT2D eigenvalue weighted by Gasteiger charge is -2.31. The standard InChI is InChI=1S/C21H25NO4/c1-15-14-18(9-8-16-6-4-3-5-7-16)26-21(24)19(15)20(23)22-12-10-17(25-2)11-13-22/h3-7,14,17H,8-13H2,1-2H3. The van der Waals surface area contributed by atoms with Crippen molar-refractivity contribution in [3.63, 3.8) is 0 Å². The zero-order valence-electron chi connectivity index (χ0n) is 15.4. The average Bonchev–Trinajstić information content (AvgIpc) is 2.66. The smallest absolute Gasteiger partial charge is 0.349 e. The molecule has 0 saturated carbocycles. The van der Waals surface area contributed by atoms with Crippen molar-refractivity contribution in [3.8, 4) is 0 Å². The van der Waals surface area contributed by atoms with Crippen molar-refractivity contribution in [3.05, 3.63) is 69.3 Å². The summed E-state index contributed by atoms with van der Waals surface area (Å²) in [7, 11) is 1.69. The minimum absolute atomic E-state index is 0.157. The van der Waals surface area contributed by atoms with E-state index in [4.69, 9.17) is 9.15 Å². The third kappa shape index (κ3) is 4.22. The number of benzene rings is 1. The highest BCUT2D eigenvalue weighted by Gasteiger charge is 2.27. The lowest BCUT2D eigenvalue weighted by Crippen LogP contribution is -2.42. The first-order chi connectivity index (χ1) is 12.6. The summed E-state index contributed by atoms with van der Waals surface area (Å²) in [4.78, 5) is 26.9. The second-order valence-corrected chi connectivity index (χ2v) is 6.77. The summed E-state index contributed by atoms with van der Waals surface area (Å²) >= 11 is 0. The molecule has 138 valence electrons. The van der Waals surface area contributed by atoms with Gasteiger partial charge in [0.2, 0.25) is 0 Å². The van der Waals surface area contributed by atoms with Gasteiger partial charge in [-0.15, -0.1) is 0 Å². The van der Waals surface area contributed by atoms with E-state index in [1.807, 2.05) is 36.4 Å². The molecule has 1 aliphatic heterocycles. The van der Waals surface area contributed by atoms with Crippen molar-refractivity contribution in [2.24, 2.45) is 0 Å². The van der Waals surface area contributed by atoms with Crippen molar-refractivity contribution in [1.82, 2.24) is 4.90 Å². The van der Waals surface area contributed by atoms with Crippen LogP contribution in [0.5, 0.6) is 0 Å². The first-order valence-corrected chi connectivity index (χ1v) is 9.08. The Morgan fingerprint density at radius 2 is 1.88 bits per heavy atom. The fourth-order valence-corrected chi connectivity index (χ4v) is 3.42. The monoisotopic (exact) mass is 355 g/mol. The third-order valence-corrected chi connectivity index (χ3v) is 4.98. The van der Waals surface area contributed by atoms with E-state index < -0.39 is 5.63 Å². The van der Waals surface area contributed by atoms with E-state index in [0.717, 1.165) is 19.3 Å². The second-order valence-electron chi connectivity index (χ2n) is 6.77. The molecule has 2 heterocycles. The number of aryl methyl sites for hydroxylation is 3. The Labute approximate surface area is 153 Å². The van der Waals surface area contributed by atoms with Crippen LogP contribution in [0.4, 0.5) is 0 Å². The van der Waals surface area contributed by atoms with E-state index in [2.05, 4.69) is 0 Å². The van der Waals surface area contributed by atoms with Crippen LogP contribution < -0.4 is 5.63 Å². The Kier molecular flexibility index (Phi) is 5.89. The van der Waals surface area contributed by atoms with Gasteiger partial charge >= 0.3 is 5.63 Å². The Bertz CT molecular complexity index is 805. The van der Waals surface area contributed by atoms with E-state index in [9.17, 15) is 9.59 Å². The van der Waals surface area contributed by atoms with Crippen molar-refractivity contribution in [2.75, 3.05) is 20.2 Å². The van der Waals surface area contributed by atoms with Crippen LogP contribution in [-0.2, 0) is 17.6 Å². The summed E-state index contributed by atoms with van der Waals surface area (Å²) in [5, 5.41) is 0. The lowest BCUT2D eigenvalue weighted by molar-refractivity contribution is 0.0348. The van der Waals surface area contributed by atoms with Gasteiger partial charge in [0.25, 0.3) is 5.91 Å². The first-order valence-electron chi connectivity index (χ1n) is 9.08. The Balaban J connectivity index is 1.71. The molecule has 26 heavy (non-hydrogen) atoms. The summed E-state index contributed by atoms with van der Waals surface area (Å²) in [5.41, 5.74) is 1.49. The van der Waals surface area contributed by atoms with Crippen LogP contribution in [0.15, 0.2) is 45.6 Å². The molecule has 1 amide bonds. The third-order valence-electron chi connectivity index (χ3n) is 4.98. The number of ether oxygens (including phenoxy) is 1. The molecular weight excluding hydrogens is 330 g/mol. The summed E-state index contributed by atoms with van der Waals surface area (Å²) in [6, 6.07) is 11.9. The maximum absolute atomic E-state index is 12.8. The molecule has 0 aliphatic carbocycles. The predicted octanol–water partition coefficient (Wildman–Crippen LogP) is 2.98. The van der Waals surface area contributed by atoms with Crippen molar-refractivity contribution in [2.45, 2.75) is 38.7 Å². The van der Waals surface area contributed by atoms with Gasteiger partial charge in [-0.2, -0.15) is 0 Å². The molecular formula is C21H25NO4. The van der Waals surface area contributed by atoms with Crippen LogP contribution in [0.2, 0.25) is 0 Å². The Morgan fingerprint density at radius 3 is 2.50 bits per heavy atom. The second kappa shape index (κ2) is 8.32. The van der Waals surface area contributed by atoms with E-state index in [-0.39, 0.29) is 17.6 Å². The molecule has 2 aromatic rings. The van der Waals surface area contributed by atoms with E-state index >= 15 is 0 Å². The molecule has 1 fully saturated rings. The quantitative estimate of drug-likeness (QED) is 0.827. The molecule has 0 bridgehead atoms. The first kappa shape index (κ1) is 18.4. The minimum atomic E-state index is -0.535. The summed E-state index contributed by atoms with van der Waals surface area (Å²) in [6.45, 7) is 3.01. The number of amides is 1. The lowest BCUT2D eigenvalue weighted by atomic mass is 10.0. The number of carbonyl (C=O) groups is 1. The molecule has 0 atom stereocenters. The van der Waals surface area contributed by atoms with Crippen LogP contribution in [0.25, 0.3) is 0 Å². The molecule has 1 aliphatic rings. The van der Waals surface area contributed by atoms with Crippen LogP contribution in [0.3, 0.4) is 0 Å². The SMILES string of the molecule is COC1CCN(C(=O)c2c(C)cc(CCc3ccccc3)oc2=O)CC1. The van der Waals surface area contributed by atoms with Crippen LogP contribution in [-0.4, -0.2) is 37.1 Å². The van der Waals surface area contributed by atoms with E-state index in [0.29, 0.717) is 30.8 Å². The largest absolute Gasteiger partial charge is 0.427 e. The van der Waals surface area contributed by atoms with Gasteiger partial charge in [-0.05, 0) is 43.4 Å². The number of rotatable bonds is 5. The maximum Gasteiger partial charge on any atom is 0.349 e. The maximum atomic E-state index is 12.8. The average molecular weight is 355 g/mol. The van der Waals surface area contributed by atoms with Gasteiger partial charge in [0.05, 0.1) is 6.10 Å². The topological polar surface area (TPSA) is 59.8 Å². The number of methoxy groups -OCH3 is 1. The van der Waals surface area contributed by atoms with Gasteiger partial charge in [0.15, 0.2) is 0 Å². The highest BCUT2D eigenvalue weighted by Crippen LogP contribution is 2.17. The van der Waals surface area contributed by atoms with Crippen molar-refractivity contribution in [1.29, 1.82) is 0 Å². The molecule has 0 radical (unpaired) electrons. The summed E-state index contributed by atoms with van der Waals surface area (Å²) in [6.07, 6.45) is 3.20. The normalized spacial score (nSPS) is 15.2. The number of hydrogen-bond donors (Lipinski definition) is 0. The number of hydrogen-bond acceptors (Lipinski definition) is 4. The van der Waals surface area contributed by atoms with Gasteiger partial charge in [0.1, 0.15) is 11.3 Å². The predicted molar refractivity (Wildman–Crippen MR) is 99.5 cm³/mol. The fourth-order valence-electron chi connectivity index (χ4n) is 3.42. The number of piperidine rings is 1. The molecule has 1 aromatic heterocycles. The van der Waals surface area contributed by atoms with Crippen LogP contribution in [0, 0.1) is 6.92 Å².